The summed E-state index contributed by atoms with van der Waals surface area (Å²) in [5.74, 6) is 1.44. The second-order valence-electron chi connectivity index (χ2n) is 5.83. The van der Waals surface area contributed by atoms with E-state index < -0.39 is 0 Å². The Labute approximate surface area is 139 Å². The van der Waals surface area contributed by atoms with Crippen molar-refractivity contribution in [2.75, 3.05) is 50.5 Å². The van der Waals surface area contributed by atoms with Gasteiger partial charge in [-0.25, -0.2) is 4.98 Å². The van der Waals surface area contributed by atoms with Gasteiger partial charge in [-0.1, -0.05) is 11.6 Å². The van der Waals surface area contributed by atoms with Crippen LogP contribution in [0, 0.1) is 0 Å². The standard InChI is InChI=1S/C16H18ClN5O/c1-18-16-19-13-11-9-10(17)3-4-12(11)23-14(13)15(20-16)22-7-5-21(2)6-8-22/h3-4,9H,5-8H2,1-2H3,(H,18,19,20). The van der Waals surface area contributed by atoms with Crippen LogP contribution < -0.4 is 10.2 Å². The van der Waals surface area contributed by atoms with E-state index in [1.165, 1.54) is 0 Å². The molecule has 1 aliphatic rings. The number of furan rings is 1. The summed E-state index contributed by atoms with van der Waals surface area (Å²) in [6.45, 7) is 3.85. The quantitative estimate of drug-likeness (QED) is 0.779. The van der Waals surface area contributed by atoms with E-state index in [9.17, 15) is 0 Å². The van der Waals surface area contributed by atoms with Crippen LogP contribution >= 0.6 is 11.6 Å². The number of anilines is 2. The topological polar surface area (TPSA) is 57.4 Å². The number of aromatic nitrogens is 2. The first-order chi connectivity index (χ1) is 11.2. The molecule has 2 aromatic heterocycles. The van der Waals surface area contributed by atoms with E-state index in [1.807, 2.05) is 25.2 Å². The number of benzene rings is 1. The van der Waals surface area contributed by atoms with Gasteiger partial charge in [0.25, 0.3) is 0 Å². The zero-order valence-corrected chi connectivity index (χ0v) is 13.9. The van der Waals surface area contributed by atoms with Crippen LogP contribution in [0.1, 0.15) is 0 Å². The summed E-state index contributed by atoms with van der Waals surface area (Å²) in [5.41, 5.74) is 2.31. The summed E-state index contributed by atoms with van der Waals surface area (Å²) >= 11 is 6.14. The van der Waals surface area contributed by atoms with Gasteiger partial charge < -0.3 is 19.5 Å². The smallest absolute Gasteiger partial charge is 0.225 e. The first-order valence-electron chi connectivity index (χ1n) is 7.67. The molecule has 1 fully saturated rings. The number of rotatable bonds is 2. The number of hydrogen-bond acceptors (Lipinski definition) is 6. The number of piperazine rings is 1. The molecule has 0 amide bonds. The SMILES string of the molecule is CNc1nc(N2CCN(C)CC2)c2oc3ccc(Cl)cc3c2n1. The fraction of sp³-hybridized carbons (Fsp3) is 0.375. The molecule has 0 saturated carbocycles. The normalized spacial score (nSPS) is 16.4. The van der Waals surface area contributed by atoms with Gasteiger partial charge in [0, 0.05) is 43.6 Å². The van der Waals surface area contributed by atoms with Gasteiger partial charge in [0.2, 0.25) is 5.95 Å². The monoisotopic (exact) mass is 331 g/mol. The lowest BCUT2D eigenvalue weighted by atomic mass is 10.2. The molecule has 0 atom stereocenters. The Morgan fingerprint density at radius 1 is 1.17 bits per heavy atom. The molecule has 1 N–H and O–H groups in total. The summed E-state index contributed by atoms with van der Waals surface area (Å²) in [6, 6.07) is 5.60. The fourth-order valence-electron chi connectivity index (χ4n) is 2.95. The maximum atomic E-state index is 6.14. The Morgan fingerprint density at radius 2 is 1.96 bits per heavy atom. The van der Waals surface area contributed by atoms with Gasteiger partial charge in [-0.3, -0.25) is 0 Å². The van der Waals surface area contributed by atoms with Crippen molar-refractivity contribution >= 4 is 45.4 Å². The van der Waals surface area contributed by atoms with Gasteiger partial charge in [0.05, 0.1) is 0 Å². The number of likely N-dealkylation sites (N-methyl/N-ethyl adjacent to an activating group) is 1. The van der Waals surface area contributed by atoms with E-state index >= 15 is 0 Å². The number of halogens is 1. The predicted octanol–water partition coefficient (Wildman–Crippen LogP) is 2.82. The molecule has 6 nitrogen and oxygen atoms in total. The van der Waals surface area contributed by atoms with Crippen molar-refractivity contribution in [1.29, 1.82) is 0 Å². The highest BCUT2D eigenvalue weighted by atomic mass is 35.5. The van der Waals surface area contributed by atoms with Crippen LogP contribution in [0.3, 0.4) is 0 Å². The molecule has 0 aliphatic carbocycles. The fourth-order valence-corrected chi connectivity index (χ4v) is 3.12. The Kier molecular flexibility index (Phi) is 3.50. The number of hydrogen-bond donors (Lipinski definition) is 1. The lowest BCUT2D eigenvalue weighted by molar-refractivity contribution is 0.312. The van der Waals surface area contributed by atoms with Gasteiger partial charge in [0.15, 0.2) is 11.4 Å². The highest BCUT2D eigenvalue weighted by molar-refractivity contribution is 6.31. The zero-order chi connectivity index (χ0) is 16.0. The number of nitrogens with one attached hydrogen (secondary N) is 1. The summed E-state index contributed by atoms with van der Waals surface area (Å²) in [6.07, 6.45) is 0. The summed E-state index contributed by atoms with van der Waals surface area (Å²) in [4.78, 5) is 13.8. The molecule has 0 unspecified atom stereocenters. The highest BCUT2D eigenvalue weighted by Gasteiger charge is 2.22. The number of fused-ring (bicyclic) bond motifs is 3. The third-order valence-corrected chi connectivity index (χ3v) is 4.52. The molecule has 1 saturated heterocycles. The van der Waals surface area contributed by atoms with Crippen molar-refractivity contribution < 1.29 is 4.42 Å². The third-order valence-electron chi connectivity index (χ3n) is 4.28. The Balaban J connectivity index is 1.93. The average molecular weight is 332 g/mol. The molecule has 120 valence electrons. The maximum absolute atomic E-state index is 6.14. The van der Waals surface area contributed by atoms with Crippen LogP contribution in [0.15, 0.2) is 22.6 Å². The van der Waals surface area contributed by atoms with Gasteiger partial charge in [-0.05, 0) is 25.2 Å². The minimum Gasteiger partial charge on any atom is -0.450 e. The largest absolute Gasteiger partial charge is 0.450 e. The van der Waals surface area contributed by atoms with Crippen LogP contribution in [0.4, 0.5) is 11.8 Å². The van der Waals surface area contributed by atoms with Gasteiger partial charge in [-0.15, -0.1) is 0 Å². The molecule has 23 heavy (non-hydrogen) atoms. The molecule has 0 spiro atoms. The first-order valence-corrected chi connectivity index (χ1v) is 8.04. The second kappa shape index (κ2) is 5.54. The molecule has 0 radical (unpaired) electrons. The molecule has 4 rings (SSSR count). The molecule has 1 aliphatic heterocycles. The van der Waals surface area contributed by atoms with Crippen molar-refractivity contribution in [3.05, 3.63) is 23.2 Å². The Hall–Kier alpha value is -2.05. The lowest BCUT2D eigenvalue weighted by Gasteiger charge is -2.33. The van der Waals surface area contributed by atoms with E-state index in [0.717, 1.165) is 54.1 Å². The van der Waals surface area contributed by atoms with Crippen LogP contribution in [0.5, 0.6) is 0 Å². The molecule has 7 heteroatoms. The third kappa shape index (κ3) is 2.48. The lowest BCUT2D eigenvalue weighted by Crippen LogP contribution is -2.44. The van der Waals surface area contributed by atoms with Gasteiger partial charge in [-0.2, -0.15) is 4.98 Å². The minimum absolute atomic E-state index is 0.592. The van der Waals surface area contributed by atoms with E-state index in [4.69, 9.17) is 16.0 Å². The average Bonchev–Trinajstić information content (AvgIpc) is 2.92. The van der Waals surface area contributed by atoms with Crippen molar-refractivity contribution in [3.63, 3.8) is 0 Å². The summed E-state index contributed by atoms with van der Waals surface area (Å²) in [5, 5.41) is 4.63. The molecular formula is C16H18ClN5O. The summed E-state index contributed by atoms with van der Waals surface area (Å²) in [7, 11) is 3.96. The van der Waals surface area contributed by atoms with Gasteiger partial charge >= 0.3 is 0 Å². The van der Waals surface area contributed by atoms with E-state index in [1.54, 1.807) is 0 Å². The molecule has 3 heterocycles. The summed E-state index contributed by atoms with van der Waals surface area (Å²) < 4.78 is 6.05. The molecule has 3 aromatic rings. The maximum Gasteiger partial charge on any atom is 0.225 e. The minimum atomic E-state index is 0.592. The molecule has 0 bridgehead atoms. The second-order valence-corrected chi connectivity index (χ2v) is 6.27. The van der Waals surface area contributed by atoms with Crippen molar-refractivity contribution in [2.45, 2.75) is 0 Å². The van der Waals surface area contributed by atoms with Crippen molar-refractivity contribution in [3.8, 4) is 0 Å². The van der Waals surface area contributed by atoms with Crippen molar-refractivity contribution in [2.24, 2.45) is 0 Å². The molecule has 1 aromatic carbocycles. The van der Waals surface area contributed by atoms with E-state index in [-0.39, 0.29) is 0 Å². The molecular weight excluding hydrogens is 314 g/mol. The van der Waals surface area contributed by atoms with Crippen molar-refractivity contribution in [1.82, 2.24) is 14.9 Å². The zero-order valence-electron chi connectivity index (χ0n) is 13.1. The number of nitrogens with zero attached hydrogens (tertiary/aromatic N) is 4. The first kappa shape index (κ1) is 14.5. The van der Waals surface area contributed by atoms with Crippen LogP contribution in [-0.2, 0) is 0 Å². The predicted molar refractivity (Wildman–Crippen MR) is 93.6 cm³/mol. The highest BCUT2D eigenvalue weighted by Crippen LogP contribution is 2.35. The van der Waals surface area contributed by atoms with Crippen LogP contribution in [0.2, 0.25) is 5.02 Å². The van der Waals surface area contributed by atoms with E-state index in [2.05, 4.69) is 32.1 Å². The van der Waals surface area contributed by atoms with Crippen LogP contribution in [-0.4, -0.2) is 55.1 Å². The Bertz CT molecular complexity index is 870. The Morgan fingerprint density at radius 3 is 2.70 bits per heavy atom. The van der Waals surface area contributed by atoms with E-state index in [0.29, 0.717) is 11.0 Å². The van der Waals surface area contributed by atoms with Gasteiger partial charge in [0.1, 0.15) is 11.1 Å². The van der Waals surface area contributed by atoms with Crippen LogP contribution in [0.25, 0.3) is 22.1 Å².